The molecule has 0 atom stereocenters. The van der Waals surface area contributed by atoms with E-state index in [1.807, 2.05) is 24.1 Å². The Morgan fingerprint density at radius 1 is 1.54 bits per heavy atom. The predicted molar refractivity (Wildman–Crippen MR) is 60.2 cm³/mol. The van der Waals surface area contributed by atoms with Gasteiger partial charge in [-0.15, -0.1) is 0 Å². The molecule has 0 unspecified atom stereocenters. The van der Waals surface area contributed by atoms with E-state index < -0.39 is 0 Å². The van der Waals surface area contributed by atoms with Gasteiger partial charge in [0.25, 0.3) is 0 Å². The lowest BCUT2D eigenvalue weighted by molar-refractivity contribution is 0.415. The van der Waals surface area contributed by atoms with E-state index in [1.165, 1.54) is 0 Å². The Bertz CT molecular complexity index is 293. The number of nitrogens with zero attached hydrogens (tertiary/aromatic N) is 1. The number of ether oxygens (including phenoxy) is 1. The van der Waals surface area contributed by atoms with Crippen LogP contribution in [0.1, 0.15) is 0 Å². The Kier molecular flexibility index (Phi) is 3.88. The maximum Gasteiger partial charge on any atom is 0.120 e. The van der Waals surface area contributed by atoms with E-state index in [-0.39, 0.29) is 0 Å². The van der Waals surface area contributed by atoms with Crippen molar-refractivity contribution in [2.45, 2.75) is 0 Å². The lowest BCUT2D eigenvalue weighted by Crippen LogP contribution is -2.14. The van der Waals surface area contributed by atoms with Gasteiger partial charge in [-0.05, 0) is 12.1 Å². The van der Waals surface area contributed by atoms with E-state index >= 15 is 0 Å². The van der Waals surface area contributed by atoms with Crippen LogP contribution in [0.3, 0.4) is 0 Å². The van der Waals surface area contributed by atoms with Gasteiger partial charge in [0.05, 0.1) is 23.3 Å². The van der Waals surface area contributed by atoms with Gasteiger partial charge in [0.2, 0.25) is 0 Å². The summed E-state index contributed by atoms with van der Waals surface area (Å²) in [5, 5.41) is 0.696. The fourth-order valence-electron chi connectivity index (χ4n) is 0.989. The highest BCUT2D eigenvalue weighted by atomic mass is 79.9. The van der Waals surface area contributed by atoms with Gasteiger partial charge >= 0.3 is 0 Å². The van der Waals surface area contributed by atoms with Crippen LogP contribution in [-0.2, 0) is 0 Å². The first-order valence-electron chi connectivity index (χ1n) is 3.79. The fourth-order valence-corrected chi connectivity index (χ4v) is 1.57. The Morgan fingerprint density at radius 2 is 2.23 bits per heavy atom. The normalized spacial score (nSPS) is 9.85. The molecule has 0 aliphatic rings. The number of benzene rings is 1. The molecule has 0 amide bonds. The Hall–Kier alpha value is -0.410. The molecular weight excluding hydrogens is 253 g/mol. The van der Waals surface area contributed by atoms with Gasteiger partial charge in [-0.2, -0.15) is 0 Å². The maximum absolute atomic E-state index is 6.04. The van der Waals surface area contributed by atoms with E-state index in [9.17, 15) is 0 Å². The van der Waals surface area contributed by atoms with Gasteiger partial charge < -0.3 is 9.64 Å². The smallest absolute Gasteiger partial charge is 0.120 e. The second-order valence-corrected chi connectivity index (χ2v) is 3.54. The molecule has 0 aliphatic carbocycles. The van der Waals surface area contributed by atoms with Gasteiger partial charge in [0, 0.05) is 13.1 Å². The minimum absolute atomic E-state index is 0.696. The van der Waals surface area contributed by atoms with Gasteiger partial charge in [-0.25, -0.2) is 0 Å². The second kappa shape index (κ2) is 4.72. The molecule has 13 heavy (non-hydrogen) atoms. The van der Waals surface area contributed by atoms with Crippen LogP contribution in [0.15, 0.2) is 18.2 Å². The van der Waals surface area contributed by atoms with Crippen LogP contribution in [0, 0.1) is 0 Å². The largest absolute Gasteiger partial charge is 0.497 e. The van der Waals surface area contributed by atoms with E-state index in [1.54, 1.807) is 13.2 Å². The van der Waals surface area contributed by atoms with E-state index in [4.69, 9.17) is 16.3 Å². The molecule has 0 bridgehead atoms. The van der Waals surface area contributed by atoms with Crippen molar-refractivity contribution in [2.75, 3.05) is 24.5 Å². The quantitative estimate of drug-likeness (QED) is 0.614. The Labute approximate surface area is 91.6 Å². The first-order valence-corrected chi connectivity index (χ1v) is 5.29. The summed E-state index contributed by atoms with van der Waals surface area (Å²) in [7, 11) is 3.59. The number of methoxy groups -OCH3 is 1. The summed E-state index contributed by atoms with van der Waals surface area (Å²) in [6, 6.07) is 5.62. The lowest BCUT2D eigenvalue weighted by Gasteiger charge is -2.17. The Balaban J connectivity index is 2.98. The summed E-state index contributed by atoms with van der Waals surface area (Å²) in [4.78, 5) is 2.00. The van der Waals surface area contributed by atoms with Crippen molar-refractivity contribution < 1.29 is 4.74 Å². The molecule has 0 saturated carbocycles. The van der Waals surface area contributed by atoms with Crippen molar-refractivity contribution in [2.24, 2.45) is 0 Å². The van der Waals surface area contributed by atoms with Crippen LogP contribution in [0.5, 0.6) is 5.75 Å². The first-order chi connectivity index (χ1) is 6.19. The van der Waals surface area contributed by atoms with E-state index in [2.05, 4.69) is 15.9 Å². The minimum Gasteiger partial charge on any atom is -0.497 e. The average molecular weight is 265 g/mol. The van der Waals surface area contributed by atoms with Crippen LogP contribution in [-0.4, -0.2) is 19.6 Å². The minimum atomic E-state index is 0.696. The molecular formula is C9H11BrClNO. The molecule has 72 valence electrons. The lowest BCUT2D eigenvalue weighted by atomic mass is 10.3. The maximum atomic E-state index is 6.04. The molecule has 0 aromatic heterocycles. The molecule has 0 heterocycles. The van der Waals surface area contributed by atoms with Crippen molar-refractivity contribution in [3.63, 3.8) is 0 Å². The van der Waals surface area contributed by atoms with Crippen molar-refractivity contribution in [3.8, 4) is 5.75 Å². The monoisotopic (exact) mass is 263 g/mol. The zero-order valence-corrected chi connectivity index (χ0v) is 9.89. The van der Waals surface area contributed by atoms with Crippen molar-refractivity contribution in [1.82, 2.24) is 0 Å². The first kappa shape index (κ1) is 10.7. The van der Waals surface area contributed by atoms with Gasteiger partial charge in [-0.3, -0.25) is 0 Å². The summed E-state index contributed by atoms with van der Waals surface area (Å²) < 4.78 is 5.05. The third-order valence-corrected chi connectivity index (χ3v) is 2.80. The predicted octanol–water partition coefficient (Wildman–Crippen LogP) is 3.14. The Morgan fingerprint density at radius 3 is 2.69 bits per heavy atom. The average Bonchev–Trinajstić information content (AvgIpc) is 2.16. The summed E-state index contributed by atoms with van der Waals surface area (Å²) in [6.45, 7) is 0. The molecule has 1 aromatic rings. The summed E-state index contributed by atoms with van der Waals surface area (Å²) in [5.41, 5.74) is 1.73. The molecule has 1 aromatic carbocycles. The molecule has 2 nitrogen and oxygen atoms in total. The highest BCUT2D eigenvalue weighted by Crippen LogP contribution is 2.29. The third kappa shape index (κ3) is 2.51. The molecule has 0 fully saturated rings. The number of halogens is 2. The van der Waals surface area contributed by atoms with E-state index in [0.717, 1.165) is 16.9 Å². The van der Waals surface area contributed by atoms with Gasteiger partial charge in [-0.1, -0.05) is 27.5 Å². The number of rotatable bonds is 3. The molecule has 0 saturated heterocycles. The standard InChI is InChI=1S/C9H11BrClNO/c1-12(6-10)9-4-3-7(13-2)5-8(9)11/h3-5H,6H2,1-2H3. The topological polar surface area (TPSA) is 12.5 Å². The highest BCUT2D eigenvalue weighted by molar-refractivity contribution is 9.09. The van der Waals surface area contributed by atoms with Crippen molar-refractivity contribution in [3.05, 3.63) is 23.2 Å². The second-order valence-electron chi connectivity index (χ2n) is 2.63. The summed E-state index contributed by atoms with van der Waals surface area (Å²) >= 11 is 9.40. The number of alkyl halides is 1. The molecule has 0 spiro atoms. The van der Waals surface area contributed by atoms with Gasteiger partial charge in [0.15, 0.2) is 0 Å². The summed E-state index contributed by atoms with van der Waals surface area (Å²) in [5.74, 6) is 0.775. The van der Waals surface area contributed by atoms with Crippen molar-refractivity contribution in [1.29, 1.82) is 0 Å². The zero-order valence-electron chi connectivity index (χ0n) is 7.55. The van der Waals surface area contributed by atoms with Crippen molar-refractivity contribution >= 4 is 33.2 Å². The SMILES string of the molecule is COc1ccc(N(C)CBr)c(Cl)c1. The fraction of sp³-hybridized carbons (Fsp3) is 0.333. The van der Waals surface area contributed by atoms with Gasteiger partial charge in [0.1, 0.15) is 5.75 Å². The van der Waals surface area contributed by atoms with E-state index in [0.29, 0.717) is 5.02 Å². The van der Waals surface area contributed by atoms with Crippen LogP contribution in [0.25, 0.3) is 0 Å². The van der Waals surface area contributed by atoms with Crippen LogP contribution in [0.4, 0.5) is 5.69 Å². The molecule has 4 heteroatoms. The van der Waals surface area contributed by atoms with Crippen LogP contribution < -0.4 is 9.64 Å². The number of hydrogen-bond acceptors (Lipinski definition) is 2. The van der Waals surface area contributed by atoms with Crippen LogP contribution in [0.2, 0.25) is 5.02 Å². The van der Waals surface area contributed by atoms with Crippen LogP contribution >= 0.6 is 27.5 Å². The third-order valence-electron chi connectivity index (χ3n) is 1.75. The molecule has 0 aliphatic heterocycles. The highest BCUT2D eigenvalue weighted by Gasteiger charge is 2.05. The number of hydrogen-bond donors (Lipinski definition) is 0. The zero-order chi connectivity index (χ0) is 9.84. The molecule has 0 N–H and O–H groups in total. The summed E-state index contributed by atoms with van der Waals surface area (Å²) in [6.07, 6.45) is 0. The molecule has 1 rings (SSSR count). The number of anilines is 1. The molecule has 0 radical (unpaired) electrons.